The van der Waals surface area contributed by atoms with Gasteiger partial charge in [-0.05, 0) is 44.4 Å². The van der Waals surface area contributed by atoms with E-state index in [2.05, 4.69) is 32.7 Å². The molecule has 0 amide bonds. The van der Waals surface area contributed by atoms with Crippen LogP contribution in [-0.2, 0) is 12.0 Å². The minimum atomic E-state index is 0.0625. The molecule has 1 aromatic heterocycles. The Labute approximate surface area is 171 Å². The number of nitrogens with one attached hydrogen (secondary N) is 2. The Morgan fingerprint density at radius 2 is 1.90 bits per heavy atom. The molecule has 4 rings (SSSR count). The Balaban J connectivity index is 1.45. The monoisotopic (exact) mass is 398 g/mol. The molecule has 156 valence electrons. The van der Waals surface area contributed by atoms with Gasteiger partial charge >= 0.3 is 0 Å². The fourth-order valence-electron chi connectivity index (χ4n) is 4.27. The van der Waals surface area contributed by atoms with Crippen molar-refractivity contribution in [3.8, 4) is 11.5 Å². The van der Waals surface area contributed by atoms with Crippen LogP contribution in [0.2, 0.25) is 0 Å². The second-order valence-corrected chi connectivity index (χ2v) is 7.94. The summed E-state index contributed by atoms with van der Waals surface area (Å²) >= 11 is 0. The van der Waals surface area contributed by atoms with Crippen LogP contribution < -0.4 is 20.1 Å². The predicted molar refractivity (Wildman–Crippen MR) is 112 cm³/mol. The molecule has 0 atom stereocenters. The van der Waals surface area contributed by atoms with E-state index in [0.29, 0.717) is 19.2 Å². The van der Waals surface area contributed by atoms with Gasteiger partial charge in [-0.15, -0.1) is 0 Å². The maximum absolute atomic E-state index is 5.65. The zero-order valence-corrected chi connectivity index (χ0v) is 17.5. The quantitative estimate of drug-likeness (QED) is 0.592. The van der Waals surface area contributed by atoms with Crippen molar-refractivity contribution in [1.29, 1.82) is 0 Å². The molecule has 1 aromatic carbocycles. The lowest BCUT2D eigenvalue weighted by Crippen LogP contribution is -2.46. The molecule has 7 heteroatoms. The van der Waals surface area contributed by atoms with Crippen molar-refractivity contribution < 1.29 is 13.9 Å². The minimum absolute atomic E-state index is 0.0625. The molecule has 0 spiro atoms. The smallest absolute Gasteiger partial charge is 0.231 e. The van der Waals surface area contributed by atoms with E-state index in [-0.39, 0.29) is 5.41 Å². The molecule has 1 aliphatic heterocycles. The summed E-state index contributed by atoms with van der Waals surface area (Å²) < 4.78 is 16.8. The van der Waals surface area contributed by atoms with Crippen LogP contribution in [0.25, 0.3) is 0 Å². The summed E-state index contributed by atoms with van der Waals surface area (Å²) in [7, 11) is 1.79. The molecule has 1 fully saturated rings. The number of oxazole rings is 1. The van der Waals surface area contributed by atoms with Gasteiger partial charge in [0.2, 0.25) is 12.7 Å². The Kier molecular flexibility index (Phi) is 5.65. The number of aliphatic imine (C=N–C) groups is 1. The van der Waals surface area contributed by atoms with Crippen LogP contribution in [0.15, 0.2) is 27.6 Å². The van der Waals surface area contributed by atoms with Crippen LogP contribution in [0, 0.1) is 13.8 Å². The van der Waals surface area contributed by atoms with Crippen molar-refractivity contribution in [3.63, 3.8) is 0 Å². The lowest BCUT2D eigenvalue weighted by atomic mass is 9.69. The molecule has 2 N–H and O–H groups in total. The van der Waals surface area contributed by atoms with Crippen molar-refractivity contribution in [3.05, 3.63) is 41.1 Å². The Morgan fingerprint density at radius 3 is 2.62 bits per heavy atom. The number of nitrogens with zero attached hydrogens (tertiary/aromatic N) is 2. The number of ether oxygens (including phenoxy) is 2. The highest BCUT2D eigenvalue weighted by Crippen LogP contribution is 2.43. The second-order valence-electron chi connectivity index (χ2n) is 7.94. The number of rotatable bonds is 5. The topological polar surface area (TPSA) is 80.9 Å². The Hall–Kier alpha value is -2.70. The van der Waals surface area contributed by atoms with Gasteiger partial charge in [-0.3, -0.25) is 4.99 Å². The lowest BCUT2D eigenvalue weighted by Gasteiger charge is -2.38. The van der Waals surface area contributed by atoms with Crippen molar-refractivity contribution in [2.45, 2.75) is 57.9 Å². The Morgan fingerprint density at radius 1 is 1.10 bits per heavy atom. The van der Waals surface area contributed by atoms with Crippen molar-refractivity contribution >= 4 is 5.96 Å². The van der Waals surface area contributed by atoms with E-state index in [4.69, 9.17) is 13.9 Å². The number of guanidine groups is 1. The van der Waals surface area contributed by atoms with Gasteiger partial charge in [0.15, 0.2) is 17.5 Å². The number of aryl methyl sites for hydroxylation is 2. The zero-order chi connectivity index (χ0) is 20.3. The van der Waals surface area contributed by atoms with Gasteiger partial charge in [-0.25, -0.2) is 4.98 Å². The second kappa shape index (κ2) is 8.35. The Bertz CT molecular complexity index is 865. The molecule has 2 heterocycles. The number of hydrogen-bond acceptors (Lipinski definition) is 5. The zero-order valence-electron chi connectivity index (χ0n) is 17.5. The summed E-state index contributed by atoms with van der Waals surface area (Å²) in [6.45, 7) is 5.51. The molecule has 2 aromatic rings. The largest absolute Gasteiger partial charge is 0.454 e. The first-order chi connectivity index (χ1) is 14.1. The van der Waals surface area contributed by atoms with E-state index in [0.717, 1.165) is 48.3 Å². The standard InChI is InChI=1S/C22H30N4O3/c1-15-16(2)29-20(26-15)12-24-21(23-3)25-13-22(9-5-4-6-10-22)17-7-8-18-19(11-17)28-14-27-18/h7-8,11H,4-6,9-10,12-14H2,1-3H3,(H2,23,24,25). The SMILES string of the molecule is CN=C(NCc1nc(C)c(C)o1)NCC1(c2ccc3c(c2)OCO3)CCCCC1. The van der Waals surface area contributed by atoms with E-state index >= 15 is 0 Å². The van der Waals surface area contributed by atoms with Gasteiger partial charge in [-0.1, -0.05) is 25.3 Å². The fraction of sp³-hybridized carbons (Fsp3) is 0.545. The molecule has 1 saturated carbocycles. The summed E-state index contributed by atoms with van der Waals surface area (Å²) in [6.07, 6.45) is 6.06. The molecular formula is C22H30N4O3. The van der Waals surface area contributed by atoms with Gasteiger partial charge < -0.3 is 24.5 Å². The molecule has 0 saturated heterocycles. The number of aromatic nitrogens is 1. The summed E-state index contributed by atoms with van der Waals surface area (Å²) in [5.74, 6) is 3.97. The highest BCUT2D eigenvalue weighted by Gasteiger charge is 2.35. The number of hydrogen-bond donors (Lipinski definition) is 2. The summed E-state index contributed by atoms with van der Waals surface area (Å²) in [5, 5.41) is 6.85. The van der Waals surface area contributed by atoms with Gasteiger partial charge in [0.05, 0.1) is 12.2 Å². The molecule has 29 heavy (non-hydrogen) atoms. The average molecular weight is 399 g/mol. The third-order valence-electron chi connectivity index (χ3n) is 6.09. The molecule has 0 radical (unpaired) electrons. The molecule has 0 bridgehead atoms. The van der Waals surface area contributed by atoms with Crippen LogP contribution in [-0.4, -0.2) is 31.3 Å². The van der Waals surface area contributed by atoms with Gasteiger partial charge in [0.25, 0.3) is 0 Å². The van der Waals surface area contributed by atoms with E-state index in [9.17, 15) is 0 Å². The predicted octanol–water partition coefficient (Wildman–Crippen LogP) is 3.59. The van der Waals surface area contributed by atoms with E-state index in [1.165, 1.54) is 24.8 Å². The van der Waals surface area contributed by atoms with Crippen molar-refractivity contribution in [2.24, 2.45) is 4.99 Å². The van der Waals surface area contributed by atoms with Crippen molar-refractivity contribution in [2.75, 3.05) is 20.4 Å². The maximum Gasteiger partial charge on any atom is 0.231 e. The number of fused-ring (bicyclic) bond motifs is 1. The molecule has 2 aliphatic rings. The fourth-order valence-corrected chi connectivity index (χ4v) is 4.27. The van der Waals surface area contributed by atoms with Crippen molar-refractivity contribution in [1.82, 2.24) is 15.6 Å². The number of benzene rings is 1. The third-order valence-corrected chi connectivity index (χ3v) is 6.09. The van der Waals surface area contributed by atoms with Gasteiger partial charge in [-0.2, -0.15) is 0 Å². The summed E-state index contributed by atoms with van der Waals surface area (Å²) in [4.78, 5) is 8.80. The van der Waals surface area contributed by atoms with Crippen LogP contribution in [0.3, 0.4) is 0 Å². The van der Waals surface area contributed by atoms with Crippen LogP contribution in [0.1, 0.15) is 55.0 Å². The molecule has 0 unspecified atom stereocenters. The maximum atomic E-state index is 5.65. The lowest BCUT2D eigenvalue weighted by molar-refractivity contribution is 0.174. The third kappa shape index (κ3) is 4.18. The molecular weight excluding hydrogens is 368 g/mol. The van der Waals surface area contributed by atoms with Crippen LogP contribution in [0.4, 0.5) is 0 Å². The summed E-state index contributed by atoms with van der Waals surface area (Å²) in [5.41, 5.74) is 2.30. The van der Waals surface area contributed by atoms with E-state index < -0.39 is 0 Å². The average Bonchev–Trinajstić information content (AvgIpc) is 3.34. The van der Waals surface area contributed by atoms with Gasteiger partial charge in [0, 0.05) is 19.0 Å². The first kappa shape index (κ1) is 19.6. The van der Waals surface area contributed by atoms with Gasteiger partial charge in [0.1, 0.15) is 5.76 Å². The van der Waals surface area contributed by atoms with Crippen LogP contribution in [0.5, 0.6) is 11.5 Å². The molecule has 1 aliphatic carbocycles. The molecule has 7 nitrogen and oxygen atoms in total. The highest BCUT2D eigenvalue weighted by atomic mass is 16.7. The highest BCUT2D eigenvalue weighted by molar-refractivity contribution is 5.79. The summed E-state index contributed by atoms with van der Waals surface area (Å²) in [6, 6.07) is 6.38. The normalized spacial score (nSPS) is 18.0. The van der Waals surface area contributed by atoms with E-state index in [1.807, 2.05) is 19.9 Å². The first-order valence-electron chi connectivity index (χ1n) is 10.4. The minimum Gasteiger partial charge on any atom is -0.454 e. The first-order valence-corrected chi connectivity index (χ1v) is 10.4. The van der Waals surface area contributed by atoms with E-state index in [1.54, 1.807) is 7.05 Å². The van der Waals surface area contributed by atoms with Crippen LogP contribution >= 0.6 is 0 Å².